The van der Waals surface area contributed by atoms with Gasteiger partial charge in [0.1, 0.15) is 5.56 Å². The Hall–Kier alpha value is -2.22. The van der Waals surface area contributed by atoms with Crippen LogP contribution < -0.4 is 11.1 Å². The summed E-state index contributed by atoms with van der Waals surface area (Å²) in [6, 6.07) is 1.26. The molecule has 2 unspecified atom stereocenters. The van der Waals surface area contributed by atoms with Crippen LogP contribution in [0.25, 0.3) is 0 Å². The highest BCUT2D eigenvalue weighted by Crippen LogP contribution is 2.28. The summed E-state index contributed by atoms with van der Waals surface area (Å²) in [5, 5.41) is 22.6. The van der Waals surface area contributed by atoms with E-state index in [1.165, 1.54) is 0 Å². The molecule has 0 aromatic heterocycles. The number of nitro groups is 1. The number of nitrogens with zero attached hydrogens (tertiary/aromatic N) is 1. The van der Waals surface area contributed by atoms with E-state index in [1.54, 1.807) is 0 Å². The van der Waals surface area contributed by atoms with E-state index in [9.17, 15) is 19.3 Å². The lowest BCUT2D eigenvalue weighted by Crippen LogP contribution is -2.42. The minimum atomic E-state index is -1.47. The number of aromatic carboxylic acids is 1. The highest BCUT2D eigenvalue weighted by atomic mass is 19.1. The van der Waals surface area contributed by atoms with E-state index in [1.807, 2.05) is 0 Å². The monoisotopic (exact) mass is 297 g/mol. The van der Waals surface area contributed by atoms with Crippen LogP contribution in [-0.4, -0.2) is 28.1 Å². The molecule has 7 nitrogen and oxygen atoms in total. The molecular formula is C13H16FN3O4. The van der Waals surface area contributed by atoms with E-state index in [-0.39, 0.29) is 17.8 Å². The molecule has 2 rings (SSSR count). The number of benzene rings is 1. The Kier molecular flexibility index (Phi) is 4.37. The van der Waals surface area contributed by atoms with Gasteiger partial charge in [0, 0.05) is 12.1 Å². The van der Waals surface area contributed by atoms with Crippen LogP contribution in [0.1, 0.15) is 36.0 Å². The molecule has 1 aromatic rings. The lowest BCUT2D eigenvalue weighted by Gasteiger charge is -2.30. The molecule has 2 atom stereocenters. The van der Waals surface area contributed by atoms with Gasteiger partial charge in [0.05, 0.1) is 16.7 Å². The number of rotatable bonds is 4. The van der Waals surface area contributed by atoms with Gasteiger partial charge in [-0.2, -0.15) is 0 Å². The summed E-state index contributed by atoms with van der Waals surface area (Å²) in [6.45, 7) is 0. The van der Waals surface area contributed by atoms with Gasteiger partial charge in [-0.15, -0.1) is 0 Å². The summed E-state index contributed by atoms with van der Waals surface area (Å²) >= 11 is 0. The zero-order chi connectivity index (χ0) is 15.6. The van der Waals surface area contributed by atoms with Crippen LogP contribution in [0.2, 0.25) is 0 Å². The van der Waals surface area contributed by atoms with Crippen LogP contribution in [-0.2, 0) is 0 Å². The van der Waals surface area contributed by atoms with Crippen molar-refractivity contribution in [1.82, 2.24) is 0 Å². The van der Waals surface area contributed by atoms with E-state index >= 15 is 0 Å². The first-order valence-corrected chi connectivity index (χ1v) is 6.63. The van der Waals surface area contributed by atoms with Gasteiger partial charge in [-0.3, -0.25) is 10.1 Å². The normalized spacial score (nSPS) is 21.8. The Balaban J connectivity index is 2.33. The number of carboxylic acid groups (broad SMARTS) is 1. The molecule has 0 aliphatic heterocycles. The first kappa shape index (κ1) is 15.2. The number of anilines is 1. The molecule has 21 heavy (non-hydrogen) atoms. The predicted octanol–water partition coefficient (Wildman–Crippen LogP) is 2.11. The molecule has 114 valence electrons. The van der Waals surface area contributed by atoms with Gasteiger partial charge in [-0.1, -0.05) is 12.8 Å². The average Bonchev–Trinajstić information content (AvgIpc) is 2.42. The maximum absolute atomic E-state index is 13.9. The number of nitrogens with two attached hydrogens (primary N) is 1. The highest BCUT2D eigenvalue weighted by Gasteiger charge is 2.26. The first-order chi connectivity index (χ1) is 9.90. The number of hydrogen-bond donors (Lipinski definition) is 3. The molecule has 0 heterocycles. The number of nitro benzene ring substituents is 1. The summed E-state index contributed by atoms with van der Waals surface area (Å²) in [6.07, 6.45) is 3.51. The molecule has 1 aromatic carbocycles. The maximum Gasteiger partial charge on any atom is 0.342 e. The second-order valence-corrected chi connectivity index (χ2v) is 5.11. The number of carbonyl (C=O) groups is 1. The summed E-state index contributed by atoms with van der Waals surface area (Å²) in [5.41, 5.74) is 4.56. The third-order valence-corrected chi connectivity index (χ3v) is 3.67. The Labute approximate surface area is 120 Å². The number of halogens is 1. The molecule has 0 spiro atoms. The number of nitrogens with one attached hydrogen (secondary N) is 1. The third kappa shape index (κ3) is 3.27. The van der Waals surface area contributed by atoms with Gasteiger partial charge in [0.25, 0.3) is 5.69 Å². The fraction of sp³-hybridized carbons (Fsp3) is 0.462. The van der Waals surface area contributed by atoms with E-state index in [2.05, 4.69) is 5.32 Å². The van der Waals surface area contributed by atoms with E-state index in [4.69, 9.17) is 10.8 Å². The molecular weight excluding hydrogens is 281 g/mol. The molecule has 0 saturated heterocycles. The maximum atomic E-state index is 13.9. The quantitative estimate of drug-likeness (QED) is 0.578. The van der Waals surface area contributed by atoms with Crippen molar-refractivity contribution in [3.63, 3.8) is 0 Å². The van der Waals surface area contributed by atoms with Crippen LogP contribution in [0, 0.1) is 15.9 Å². The summed E-state index contributed by atoms with van der Waals surface area (Å²) in [4.78, 5) is 20.9. The molecule has 4 N–H and O–H groups in total. The molecule has 1 aliphatic rings. The van der Waals surface area contributed by atoms with Gasteiger partial charge < -0.3 is 16.2 Å². The summed E-state index contributed by atoms with van der Waals surface area (Å²) < 4.78 is 13.9. The van der Waals surface area contributed by atoms with E-state index in [0.717, 1.165) is 31.7 Å². The molecule has 1 saturated carbocycles. The number of carboxylic acids is 1. The first-order valence-electron chi connectivity index (χ1n) is 6.63. The zero-order valence-corrected chi connectivity index (χ0v) is 11.2. The molecule has 8 heteroatoms. The summed E-state index contributed by atoms with van der Waals surface area (Å²) in [5.74, 6) is -2.33. The fourth-order valence-corrected chi connectivity index (χ4v) is 2.53. The van der Waals surface area contributed by atoms with Gasteiger partial charge in [-0.05, 0) is 18.9 Å². The molecule has 0 bridgehead atoms. The van der Waals surface area contributed by atoms with Gasteiger partial charge in [-0.25, -0.2) is 9.18 Å². The Bertz CT molecular complexity index is 579. The van der Waals surface area contributed by atoms with E-state index < -0.39 is 28.0 Å². The van der Waals surface area contributed by atoms with Crippen molar-refractivity contribution in [2.24, 2.45) is 5.73 Å². The van der Waals surface area contributed by atoms with Gasteiger partial charge >= 0.3 is 5.97 Å². The van der Waals surface area contributed by atoms with Crippen LogP contribution in [0.5, 0.6) is 0 Å². The average molecular weight is 297 g/mol. The third-order valence-electron chi connectivity index (χ3n) is 3.67. The van der Waals surface area contributed by atoms with Crippen molar-refractivity contribution in [3.8, 4) is 0 Å². The molecule has 1 fully saturated rings. The topological polar surface area (TPSA) is 118 Å². The van der Waals surface area contributed by atoms with Crippen molar-refractivity contribution >= 4 is 17.3 Å². The Morgan fingerprint density at radius 1 is 1.43 bits per heavy atom. The minimum Gasteiger partial charge on any atom is -0.477 e. The van der Waals surface area contributed by atoms with Crippen LogP contribution in [0.3, 0.4) is 0 Å². The fourth-order valence-electron chi connectivity index (χ4n) is 2.53. The summed E-state index contributed by atoms with van der Waals surface area (Å²) in [7, 11) is 0. The van der Waals surface area contributed by atoms with Crippen LogP contribution in [0.15, 0.2) is 12.1 Å². The standard InChI is InChI=1S/C13H16FN3O4/c14-8-6-12(17(20)21)7(13(18)19)5-11(8)16-10-4-2-1-3-9(10)15/h5-6,9-10,16H,1-4,15H2,(H,18,19). The predicted molar refractivity (Wildman–Crippen MR) is 73.9 cm³/mol. The molecule has 0 radical (unpaired) electrons. The second-order valence-electron chi connectivity index (χ2n) is 5.11. The van der Waals surface area contributed by atoms with Crippen LogP contribution in [0.4, 0.5) is 15.8 Å². The Morgan fingerprint density at radius 3 is 2.67 bits per heavy atom. The van der Waals surface area contributed by atoms with Crippen molar-refractivity contribution in [1.29, 1.82) is 0 Å². The van der Waals surface area contributed by atoms with Gasteiger partial charge in [0.2, 0.25) is 0 Å². The largest absolute Gasteiger partial charge is 0.477 e. The smallest absolute Gasteiger partial charge is 0.342 e. The van der Waals surface area contributed by atoms with E-state index in [0.29, 0.717) is 6.07 Å². The Morgan fingerprint density at radius 2 is 2.10 bits per heavy atom. The highest BCUT2D eigenvalue weighted by molar-refractivity contribution is 5.93. The van der Waals surface area contributed by atoms with Crippen molar-refractivity contribution in [2.75, 3.05) is 5.32 Å². The van der Waals surface area contributed by atoms with Crippen molar-refractivity contribution in [3.05, 3.63) is 33.6 Å². The van der Waals surface area contributed by atoms with Crippen LogP contribution >= 0.6 is 0 Å². The zero-order valence-electron chi connectivity index (χ0n) is 11.2. The lowest BCUT2D eigenvalue weighted by atomic mass is 9.91. The molecule has 0 amide bonds. The molecule has 1 aliphatic carbocycles. The van der Waals surface area contributed by atoms with Gasteiger partial charge in [0.15, 0.2) is 5.82 Å². The second kappa shape index (κ2) is 6.04. The lowest BCUT2D eigenvalue weighted by molar-refractivity contribution is -0.385. The number of hydrogen-bond acceptors (Lipinski definition) is 5. The minimum absolute atomic E-state index is 0.0691. The SMILES string of the molecule is NC1CCCCC1Nc1cc(C(=O)O)c([N+](=O)[O-])cc1F. The van der Waals surface area contributed by atoms with Crippen molar-refractivity contribution in [2.45, 2.75) is 37.8 Å². The van der Waals surface area contributed by atoms with Crippen molar-refractivity contribution < 1.29 is 19.2 Å².